The van der Waals surface area contributed by atoms with Crippen molar-refractivity contribution in [3.63, 3.8) is 0 Å². The Labute approximate surface area is 162 Å². The van der Waals surface area contributed by atoms with Crippen LogP contribution in [0.25, 0.3) is 0 Å². The number of rotatable bonds is 6. The van der Waals surface area contributed by atoms with Crippen molar-refractivity contribution in [2.75, 3.05) is 20.2 Å². The van der Waals surface area contributed by atoms with Gasteiger partial charge in [0.2, 0.25) is 16.1 Å². The molecule has 0 bridgehead atoms. The minimum absolute atomic E-state index is 0.155. The molecule has 3 rings (SSSR count). The van der Waals surface area contributed by atoms with Gasteiger partial charge in [-0.2, -0.15) is 13.2 Å². The summed E-state index contributed by atoms with van der Waals surface area (Å²) in [6.07, 6.45) is -3.39. The van der Waals surface area contributed by atoms with E-state index in [1.165, 1.54) is 4.31 Å². The molecule has 0 aromatic heterocycles. The Kier molecular flexibility index (Phi) is 6.02. The van der Waals surface area contributed by atoms with Gasteiger partial charge in [-0.05, 0) is 44.9 Å². The molecule has 2 atom stereocenters. The van der Waals surface area contributed by atoms with Gasteiger partial charge in [0.05, 0.1) is 17.8 Å². The fourth-order valence-electron chi connectivity index (χ4n) is 4.23. The van der Waals surface area contributed by atoms with Gasteiger partial charge < -0.3 is 15.2 Å². The molecule has 1 saturated heterocycles. The summed E-state index contributed by atoms with van der Waals surface area (Å²) in [7, 11) is -1.66. The fraction of sp³-hybridized carbons (Fsp3) is 0.941. The first-order chi connectivity index (χ1) is 13.0. The molecule has 3 aliphatic rings. The van der Waals surface area contributed by atoms with Crippen LogP contribution in [0.15, 0.2) is 0 Å². The van der Waals surface area contributed by atoms with E-state index in [-0.39, 0.29) is 16.8 Å². The number of ether oxygens (including phenoxy) is 1. The number of carbonyl (C=O) groups excluding carboxylic acids is 1. The van der Waals surface area contributed by atoms with Crippen molar-refractivity contribution in [2.45, 2.75) is 74.1 Å². The van der Waals surface area contributed by atoms with E-state index in [1.54, 1.807) is 7.05 Å². The molecule has 2 saturated carbocycles. The van der Waals surface area contributed by atoms with E-state index in [4.69, 9.17) is 5.11 Å². The maximum absolute atomic E-state index is 12.7. The summed E-state index contributed by atoms with van der Waals surface area (Å²) in [5, 5.41) is 11.9. The van der Waals surface area contributed by atoms with Crippen molar-refractivity contribution in [2.24, 2.45) is 5.92 Å². The number of aliphatic hydroxyl groups excluding tert-OH is 1. The molecule has 0 aromatic carbocycles. The third-order valence-corrected chi connectivity index (χ3v) is 8.68. The maximum atomic E-state index is 12.7. The van der Waals surface area contributed by atoms with Gasteiger partial charge in [0.1, 0.15) is 0 Å². The van der Waals surface area contributed by atoms with Crippen molar-refractivity contribution in [3.8, 4) is 0 Å². The first kappa shape index (κ1) is 21.8. The average molecular weight is 428 g/mol. The summed E-state index contributed by atoms with van der Waals surface area (Å²) in [4.78, 5) is 12.1. The second-order valence-corrected chi connectivity index (χ2v) is 10.5. The number of carbonyl (C=O) groups is 1. The van der Waals surface area contributed by atoms with Crippen LogP contribution in [0.5, 0.6) is 0 Å². The molecular weight excluding hydrogens is 401 g/mol. The highest BCUT2D eigenvalue weighted by atomic mass is 32.2. The van der Waals surface area contributed by atoms with Crippen LogP contribution in [0, 0.1) is 5.92 Å². The summed E-state index contributed by atoms with van der Waals surface area (Å²) in [5.41, 5.74) is -0.296. The largest absolute Gasteiger partial charge is 0.450 e. The van der Waals surface area contributed by atoms with E-state index in [1.807, 2.05) is 0 Å². The van der Waals surface area contributed by atoms with Crippen LogP contribution in [0.3, 0.4) is 0 Å². The highest BCUT2D eigenvalue weighted by molar-refractivity contribution is 7.90. The quantitative estimate of drug-likeness (QED) is 0.617. The van der Waals surface area contributed by atoms with E-state index in [0.29, 0.717) is 51.5 Å². The number of alkyl halides is 3. The molecule has 0 amide bonds. The molecule has 1 heterocycles. The number of aliphatic hydroxyl groups is 1. The van der Waals surface area contributed by atoms with Crippen LogP contribution in [-0.4, -0.2) is 73.1 Å². The molecule has 11 heteroatoms. The first-order valence-corrected chi connectivity index (χ1v) is 11.1. The summed E-state index contributed by atoms with van der Waals surface area (Å²) in [6, 6.07) is -0.155. The molecule has 0 unspecified atom stereocenters. The van der Waals surface area contributed by atoms with Crippen molar-refractivity contribution in [1.29, 1.82) is 0 Å². The summed E-state index contributed by atoms with van der Waals surface area (Å²) < 4.78 is 68.8. The van der Waals surface area contributed by atoms with E-state index in [9.17, 15) is 26.4 Å². The lowest BCUT2D eigenvalue weighted by Gasteiger charge is -2.37. The third-order valence-electron chi connectivity index (χ3n) is 6.27. The molecule has 2 aliphatic carbocycles. The molecule has 1 aliphatic heterocycles. The zero-order valence-corrected chi connectivity index (χ0v) is 16.6. The monoisotopic (exact) mass is 428 g/mol. The van der Waals surface area contributed by atoms with Gasteiger partial charge in [-0.3, -0.25) is 4.79 Å². The van der Waals surface area contributed by atoms with Gasteiger partial charge >= 0.3 is 12.1 Å². The Morgan fingerprint density at radius 3 is 2.39 bits per heavy atom. The Balaban J connectivity index is 1.53. The van der Waals surface area contributed by atoms with Gasteiger partial charge in [0, 0.05) is 25.2 Å². The van der Waals surface area contributed by atoms with Crippen molar-refractivity contribution >= 4 is 16.0 Å². The zero-order chi connectivity index (χ0) is 20.7. The first-order valence-electron chi connectivity index (χ1n) is 9.58. The van der Waals surface area contributed by atoms with Crippen molar-refractivity contribution in [1.82, 2.24) is 9.62 Å². The van der Waals surface area contributed by atoms with Crippen molar-refractivity contribution in [3.05, 3.63) is 0 Å². The second-order valence-electron chi connectivity index (χ2n) is 8.20. The fourth-order valence-corrected chi connectivity index (χ4v) is 5.99. The number of hydrogen-bond acceptors (Lipinski definition) is 6. The normalized spacial score (nSPS) is 32.6. The van der Waals surface area contributed by atoms with Crippen LogP contribution < -0.4 is 5.32 Å². The Morgan fingerprint density at radius 2 is 1.89 bits per heavy atom. The average Bonchev–Trinajstić information content (AvgIpc) is 3.42. The lowest BCUT2D eigenvalue weighted by Crippen LogP contribution is -2.45. The lowest BCUT2D eigenvalue weighted by molar-refractivity contribution is -0.231. The number of halogens is 3. The third kappa shape index (κ3) is 4.47. The van der Waals surface area contributed by atoms with Gasteiger partial charge in [-0.25, -0.2) is 12.7 Å². The molecular formula is C17H27F3N2O5S. The van der Waals surface area contributed by atoms with E-state index in [0.717, 1.165) is 0 Å². The van der Waals surface area contributed by atoms with E-state index >= 15 is 0 Å². The highest BCUT2D eigenvalue weighted by Gasteiger charge is 2.49. The molecule has 0 radical (unpaired) electrons. The number of nitrogens with one attached hydrogen (secondary N) is 1. The van der Waals surface area contributed by atoms with Gasteiger partial charge in [0.25, 0.3) is 0 Å². The topological polar surface area (TPSA) is 95.9 Å². The SMILES string of the molecule is CN([C@H]1CNC2(CCC(C(=O)O[C@H](CO)C(F)(F)F)CC2)C1)S(=O)(=O)C1CC1. The van der Waals surface area contributed by atoms with E-state index in [2.05, 4.69) is 10.1 Å². The number of sulfonamides is 1. The molecule has 2 N–H and O–H groups in total. The van der Waals surface area contributed by atoms with Crippen LogP contribution in [0.2, 0.25) is 0 Å². The van der Waals surface area contributed by atoms with Crippen molar-refractivity contribution < 1.29 is 36.2 Å². The van der Waals surface area contributed by atoms with Crippen LogP contribution >= 0.6 is 0 Å². The number of hydrogen-bond donors (Lipinski definition) is 2. The molecule has 3 fully saturated rings. The standard InChI is InChI=1S/C17H27F3N2O5S/c1-22(28(25,26)13-2-3-13)12-8-16(21-9-12)6-4-11(5-7-16)15(24)27-14(10-23)17(18,19)20/h11-14,21,23H,2-10H2,1H3/t11?,12-,14-,16?/m1/s1. The Morgan fingerprint density at radius 1 is 1.29 bits per heavy atom. The predicted molar refractivity (Wildman–Crippen MR) is 93.8 cm³/mol. The van der Waals surface area contributed by atoms with Crippen LogP contribution in [0.1, 0.15) is 44.9 Å². The molecule has 1 spiro atoms. The van der Waals surface area contributed by atoms with Gasteiger partial charge in [-0.1, -0.05) is 0 Å². The van der Waals surface area contributed by atoms with Gasteiger partial charge in [0.15, 0.2) is 0 Å². The van der Waals surface area contributed by atoms with Gasteiger partial charge in [-0.15, -0.1) is 0 Å². The lowest BCUT2D eigenvalue weighted by atomic mass is 9.75. The number of esters is 1. The molecule has 28 heavy (non-hydrogen) atoms. The summed E-state index contributed by atoms with van der Waals surface area (Å²) >= 11 is 0. The smallest absolute Gasteiger partial charge is 0.427 e. The summed E-state index contributed by atoms with van der Waals surface area (Å²) in [5.74, 6) is -1.58. The number of likely N-dealkylation sites (N-methyl/N-ethyl adjacent to an activating group) is 1. The summed E-state index contributed by atoms with van der Waals surface area (Å²) in [6.45, 7) is -0.769. The highest BCUT2D eigenvalue weighted by Crippen LogP contribution is 2.41. The molecule has 7 nitrogen and oxygen atoms in total. The minimum atomic E-state index is -4.79. The second kappa shape index (κ2) is 7.73. The Hall–Kier alpha value is -0.910. The minimum Gasteiger partial charge on any atom is -0.450 e. The van der Waals surface area contributed by atoms with Crippen LogP contribution in [-0.2, 0) is 19.6 Å². The zero-order valence-electron chi connectivity index (χ0n) is 15.7. The molecule has 162 valence electrons. The predicted octanol–water partition coefficient (Wildman–Crippen LogP) is 1.17. The maximum Gasteiger partial charge on any atom is 0.427 e. The van der Waals surface area contributed by atoms with Crippen LogP contribution in [0.4, 0.5) is 13.2 Å². The number of nitrogens with zero attached hydrogens (tertiary/aromatic N) is 1. The van der Waals surface area contributed by atoms with E-state index < -0.39 is 40.8 Å². The molecule has 0 aromatic rings. The Bertz CT molecular complexity index is 687.